The summed E-state index contributed by atoms with van der Waals surface area (Å²) >= 11 is 0. The zero-order chi connectivity index (χ0) is 25.9. The molecule has 0 saturated carbocycles. The van der Waals surface area contributed by atoms with Gasteiger partial charge in [-0.15, -0.1) is 0 Å². The Balaban J connectivity index is 2.46. The number of nitrogens with two attached hydrogens (primary N) is 1. The third-order valence-electron chi connectivity index (χ3n) is 5.26. The van der Waals surface area contributed by atoms with Crippen LogP contribution < -0.4 is 10.6 Å². The number of Topliss-reactive ketones (excluding diaryl/α,β-unsaturated/α-hetero) is 1. The number of allylic oxidation sites excluding steroid dienone is 1. The minimum Gasteiger partial charge on any atom is -0.466 e. The lowest BCUT2D eigenvalue weighted by Gasteiger charge is -2.36. The molecule has 1 atom stereocenters. The lowest BCUT2D eigenvalue weighted by Crippen LogP contribution is -2.41. The van der Waals surface area contributed by atoms with Gasteiger partial charge in [-0.2, -0.15) is 18.4 Å². The van der Waals surface area contributed by atoms with Gasteiger partial charge >= 0.3 is 18.1 Å². The average molecular weight is 485 g/mol. The molecular weight excluding hydrogens is 467 g/mol. The van der Waals surface area contributed by atoms with Crippen molar-refractivity contribution in [2.75, 3.05) is 19.1 Å². The Morgan fingerprint density at radius 1 is 0.971 bits per heavy atom. The van der Waals surface area contributed by atoms with E-state index in [-0.39, 0.29) is 5.57 Å². The smallest absolute Gasteiger partial charge is 0.454 e. The highest BCUT2D eigenvalue weighted by Crippen LogP contribution is 2.44. The Morgan fingerprint density at radius 3 is 2.09 bits per heavy atom. The zero-order valence-corrected chi connectivity index (χ0v) is 18.4. The fraction of sp³-hybridized carbons (Fsp3) is 0.167. The van der Waals surface area contributed by atoms with Gasteiger partial charge in [-0.25, -0.2) is 9.59 Å². The number of halogens is 3. The van der Waals surface area contributed by atoms with Gasteiger partial charge in [-0.05, 0) is 17.7 Å². The number of carbonyl (C=O) groups is 3. The van der Waals surface area contributed by atoms with Crippen molar-refractivity contribution in [3.05, 3.63) is 88.4 Å². The van der Waals surface area contributed by atoms with Crippen LogP contribution in [0.15, 0.2) is 77.3 Å². The molecule has 3 rings (SSSR count). The van der Waals surface area contributed by atoms with E-state index in [2.05, 4.69) is 0 Å². The van der Waals surface area contributed by atoms with Gasteiger partial charge in [0.05, 0.1) is 48.6 Å². The number of rotatable bonds is 5. The van der Waals surface area contributed by atoms with Crippen molar-refractivity contribution in [1.82, 2.24) is 0 Å². The monoisotopic (exact) mass is 485 g/mol. The molecule has 2 aromatic carbocycles. The molecule has 2 N–H and O–H groups in total. The summed E-state index contributed by atoms with van der Waals surface area (Å²) in [5.41, 5.74) is 4.06. The third-order valence-corrected chi connectivity index (χ3v) is 5.26. The molecule has 0 spiro atoms. The van der Waals surface area contributed by atoms with Gasteiger partial charge in [0.15, 0.2) is 0 Å². The summed E-state index contributed by atoms with van der Waals surface area (Å²) in [5, 5.41) is 9.97. The number of para-hydroxylation sites is 1. The molecule has 180 valence electrons. The van der Waals surface area contributed by atoms with Crippen molar-refractivity contribution in [1.29, 1.82) is 5.26 Å². The van der Waals surface area contributed by atoms with Gasteiger partial charge in [0.1, 0.15) is 11.5 Å². The number of carbonyl (C=O) groups excluding carboxylic acids is 3. The molecule has 8 nitrogen and oxygen atoms in total. The summed E-state index contributed by atoms with van der Waals surface area (Å²) in [6, 6.07) is 14.4. The molecular formula is C24H18F3N3O5. The van der Waals surface area contributed by atoms with Crippen LogP contribution in [0, 0.1) is 11.3 Å². The number of ether oxygens (including phenoxy) is 2. The highest BCUT2D eigenvalue weighted by atomic mass is 19.4. The quantitative estimate of drug-likeness (QED) is 0.506. The SMILES string of the molecule is COC(=O)C1=C(C(=O)OC)N(c2ccccc2C(=O)C(F)(F)F)C(N)=C(C#N)C1c1ccccc1. The number of nitrogens with zero attached hydrogens (tertiary/aromatic N) is 2. The number of ketones is 1. The molecule has 1 aliphatic rings. The Morgan fingerprint density at radius 2 is 1.54 bits per heavy atom. The summed E-state index contributed by atoms with van der Waals surface area (Å²) in [6.07, 6.45) is -5.25. The normalized spacial score (nSPS) is 16.0. The van der Waals surface area contributed by atoms with Crippen LogP contribution >= 0.6 is 0 Å². The van der Waals surface area contributed by atoms with Crippen molar-refractivity contribution >= 4 is 23.4 Å². The number of hydrogen-bond donors (Lipinski definition) is 1. The van der Waals surface area contributed by atoms with Gasteiger partial charge in [0.2, 0.25) is 0 Å². The number of anilines is 1. The predicted molar refractivity (Wildman–Crippen MR) is 116 cm³/mol. The number of methoxy groups -OCH3 is 2. The van der Waals surface area contributed by atoms with Crippen molar-refractivity contribution in [2.24, 2.45) is 5.73 Å². The number of nitriles is 1. The van der Waals surface area contributed by atoms with Crippen LogP contribution in [0.2, 0.25) is 0 Å². The van der Waals surface area contributed by atoms with Crippen molar-refractivity contribution < 1.29 is 37.0 Å². The van der Waals surface area contributed by atoms with Gasteiger partial charge in [0, 0.05) is 0 Å². The molecule has 0 radical (unpaired) electrons. The minimum atomic E-state index is -5.25. The first kappa shape index (κ1) is 25.0. The van der Waals surface area contributed by atoms with Crippen molar-refractivity contribution in [3.63, 3.8) is 0 Å². The van der Waals surface area contributed by atoms with Gasteiger partial charge in [-0.1, -0.05) is 42.5 Å². The Labute approximate surface area is 197 Å². The van der Waals surface area contributed by atoms with Crippen LogP contribution in [0.1, 0.15) is 21.8 Å². The molecule has 35 heavy (non-hydrogen) atoms. The molecule has 0 aliphatic carbocycles. The lowest BCUT2D eigenvalue weighted by molar-refractivity contribution is -0.139. The second kappa shape index (κ2) is 9.72. The molecule has 0 saturated heterocycles. The van der Waals surface area contributed by atoms with Gasteiger partial charge < -0.3 is 15.2 Å². The van der Waals surface area contributed by atoms with Crippen LogP contribution in [0.5, 0.6) is 0 Å². The van der Waals surface area contributed by atoms with E-state index in [0.717, 1.165) is 31.3 Å². The molecule has 0 amide bonds. The Hall–Kier alpha value is -4.59. The van der Waals surface area contributed by atoms with E-state index in [1.54, 1.807) is 30.3 Å². The largest absolute Gasteiger partial charge is 0.466 e. The Bertz CT molecular complexity index is 1290. The molecule has 2 aromatic rings. The molecule has 1 unspecified atom stereocenters. The first-order valence-corrected chi connectivity index (χ1v) is 9.94. The maximum Gasteiger partial charge on any atom is 0.454 e. The van der Waals surface area contributed by atoms with Crippen LogP contribution in [-0.2, 0) is 19.1 Å². The van der Waals surface area contributed by atoms with Crippen molar-refractivity contribution in [2.45, 2.75) is 12.1 Å². The maximum absolute atomic E-state index is 13.3. The second-order valence-electron chi connectivity index (χ2n) is 7.18. The standard InChI is InChI=1S/C24H18F3N3O5/c1-34-22(32)18-17(13-8-4-3-5-9-13)15(12-28)21(29)30(19(18)23(33)35-2)16-11-7-6-10-14(16)20(31)24(25,26)27/h3-11,17H,29H2,1-2H3. The van der Waals surface area contributed by atoms with Crippen molar-refractivity contribution in [3.8, 4) is 6.07 Å². The summed E-state index contributed by atoms with van der Waals surface area (Å²) in [7, 11) is 2.03. The fourth-order valence-corrected chi connectivity index (χ4v) is 3.78. The Kier molecular flexibility index (Phi) is 6.96. The fourth-order valence-electron chi connectivity index (χ4n) is 3.78. The minimum absolute atomic E-state index is 0.251. The number of esters is 2. The highest BCUT2D eigenvalue weighted by Gasteiger charge is 2.46. The van der Waals surface area contributed by atoms with E-state index in [9.17, 15) is 32.8 Å². The number of benzene rings is 2. The zero-order valence-electron chi connectivity index (χ0n) is 18.4. The topological polar surface area (TPSA) is 123 Å². The number of hydrogen-bond acceptors (Lipinski definition) is 8. The van der Waals surface area contributed by atoms with E-state index in [0.29, 0.717) is 5.56 Å². The van der Waals surface area contributed by atoms with E-state index >= 15 is 0 Å². The summed E-state index contributed by atoms with van der Waals surface area (Å²) in [5.74, 6) is -6.08. The molecule has 0 bridgehead atoms. The van der Waals surface area contributed by atoms with Crippen LogP contribution in [0.4, 0.5) is 18.9 Å². The van der Waals surface area contributed by atoms with E-state index in [1.807, 2.05) is 6.07 Å². The lowest BCUT2D eigenvalue weighted by atomic mass is 9.80. The predicted octanol–water partition coefficient (Wildman–Crippen LogP) is 3.33. The molecule has 1 heterocycles. The maximum atomic E-state index is 13.3. The molecule has 11 heteroatoms. The molecule has 0 aromatic heterocycles. The summed E-state index contributed by atoms with van der Waals surface area (Å²) in [6.45, 7) is 0. The first-order valence-electron chi connectivity index (χ1n) is 9.94. The van der Waals surface area contributed by atoms with E-state index < -0.39 is 58.2 Å². The number of alkyl halides is 3. The summed E-state index contributed by atoms with van der Waals surface area (Å²) < 4.78 is 49.7. The van der Waals surface area contributed by atoms with Crippen LogP contribution in [0.25, 0.3) is 0 Å². The van der Waals surface area contributed by atoms with Gasteiger partial charge in [0.25, 0.3) is 5.78 Å². The third kappa shape index (κ3) is 4.46. The van der Waals surface area contributed by atoms with Crippen LogP contribution in [-0.4, -0.2) is 38.1 Å². The second-order valence-corrected chi connectivity index (χ2v) is 7.18. The average Bonchev–Trinajstić information content (AvgIpc) is 2.86. The molecule has 0 fully saturated rings. The summed E-state index contributed by atoms with van der Waals surface area (Å²) in [4.78, 5) is 38.9. The van der Waals surface area contributed by atoms with E-state index in [4.69, 9.17) is 15.2 Å². The van der Waals surface area contributed by atoms with Crippen LogP contribution in [0.3, 0.4) is 0 Å². The van der Waals surface area contributed by atoms with Gasteiger partial charge in [-0.3, -0.25) is 9.69 Å². The molecule has 1 aliphatic heterocycles. The van der Waals surface area contributed by atoms with E-state index in [1.165, 1.54) is 12.1 Å². The first-order chi connectivity index (χ1) is 16.6. The highest BCUT2D eigenvalue weighted by molar-refractivity contribution is 6.10.